The Morgan fingerprint density at radius 2 is 1.86 bits per heavy atom. The molecule has 7 nitrogen and oxygen atoms in total. The van der Waals surface area contributed by atoms with Crippen LogP contribution in [-0.2, 0) is 11.3 Å². The van der Waals surface area contributed by atoms with Crippen LogP contribution in [0.25, 0.3) is 22.4 Å². The molecule has 4 aromatic rings. The normalized spacial score (nSPS) is 10.9. The number of aromatic nitrogens is 5. The van der Waals surface area contributed by atoms with Gasteiger partial charge in [0, 0.05) is 35.6 Å². The molecule has 0 aliphatic carbocycles. The first kappa shape index (κ1) is 18.1. The zero-order valence-electron chi connectivity index (χ0n) is 15.2. The van der Waals surface area contributed by atoms with Gasteiger partial charge in [-0.1, -0.05) is 30.0 Å². The largest absolute Gasteiger partial charge is 0.325 e. The average molecular weight is 390 g/mol. The fourth-order valence-electron chi connectivity index (χ4n) is 2.91. The minimum absolute atomic E-state index is 0.0815. The second kappa shape index (κ2) is 8.18. The Hall–Kier alpha value is -3.26. The van der Waals surface area contributed by atoms with Crippen molar-refractivity contribution in [3.8, 4) is 11.4 Å². The molecule has 0 atom stereocenters. The van der Waals surface area contributed by atoms with E-state index in [0.717, 1.165) is 22.5 Å². The van der Waals surface area contributed by atoms with Crippen molar-refractivity contribution in [2.45, 2.75) is 18.6 Å². The highest BCUT2D eigenvalue weighted by Crippen LogP contribution is 2.28. The van der Waals surface area contributed by atoms with Gasteiger partial charge in [-0.25, -0.2) is 9.97 Å². The minimum Gasteiger partial charge on any atom is -0.325 e. The lowest BCUT2D eigenvalue weighted by Crippen LogP contribution is -2.14. The summed E-state index contributed by atoms with van der Waals surface area (Å²) in [5, 5.41) is 13.2. The summed E-state index contributed by atoms with van der Waals surface area (Å²) in [4.78, 5) is 20.8. The Balaban J connectivity index is 1.55. The molecule has 0 saturated carbocycles. The zero-order chi connectivity index (χ0) is 19.3. The van der Waals surface area contributed by atoms with Crippen molar-refractivity contribution in [3.05, 3.63) is 60.9 Å². The Bertz CT molecular complexity index is 1110. The number of nitrogens with one attached hydrogen (secondary N) is 1. The van der Waals surface area contributed by atoms with Crippen LogP contribution in [0.3, 0.4) is 0 Å². The molecular weight excluding hydrogens is 372 g/mol. The first-order valence-electron chi connectivity index (χ1n) is 8.87. The van der Waals surface area contributed by atoms with Gasteiger partial charge in [0.25, 0.3) is 0 Å². The summed E-state index contributed by atoms with van der Waals surface area (Å²) in [6, 6.07) is 15.2. The summed E-state index contributed by atoms with van der Waals surface area (Å²) in [6.07, 6.45) is 3.44. The molecule has 140 valence electrons. The minimum atomic E-state index is -0.0815. The highest BCUT2D eigenvalue weighted by atomic mass is 32.2. The molecular formula is C20H18N6OS. The topological polar surface area (TPSA) is 85.6 Å². The van der Waals surface area contributed by atoms with Crippen LogP contribution in [0.2, 0.25) is 0 Å². The van der Waals surface area contributed by atoms with Gasteiger partial charge in [0.15, 0.2) is 16.6 Å². The molecule has 3 aromatic heterocycles. The monoisotopic (exact) mass is 390 g/mol. The van der Waals surface area contributed by atoms with Crippen LogP contribution in [0.4, 0.5) is 5.69 Å². The van der Waals surface area contributed by atoms with Crippen LogP contribution < -0.4 is 5.32 Å². The van der Waals surface area contributed by atoms with Gasteiger partial charge in [-0.2, -0.15) is 0 Å². The number of rotatable bonds is 6. The number of pyridine rings is 2. The maximum atomic E-state index is 12.2. The molecule has 0 fully saturated rings. The molecule has 28 heavy (non-hydrogen) atoms. The zero-order valence-corrected chi connectivity index (χ0v) is 16.1. The maximum absolute atomic E-state index is 12.2. The summed E-state index contributed by atoms with van der Waals surface area (Å²) >= 11 is 1.37. The van der Waals surface area contributed by atoms with Gasteiger partial charge < -0.3 is 9.88 Å². The summed E-state index contributed by atoms with van der Waals surface area (Å²) in [5.41, 5.74) is 2.37. The van der Waals surface area contributed by atoms with Gasteiger partial charge >= 0.3 is 0 Å². The third-order valence-electron chi connectivity index (χ3n) is 4.18. The lowest BCUT2D eigenvalue weighted by Gasteiger charge is -2.09. The van der Waals surface area contributed by atoms with E-state index in [1.807, 2.05) is 60.0 Å². The Morgan fingerprint density at radius 1 is 1.04 bits per heavy atom. The van der Waals surface area contributed by atoms with Crippen molar-refractivity contribution < 1.29 is 4.79 Å². The Morgan fingerprint density at radius 3 is 2.68 bits per heavy atom. The summed E-state index contributed by atoms with van der Waals surface area (Å²) in [6.45, 7) is 2.72. The summed E-state index contributed by atoms with van der Waals surface area (Å²) in [5.74, 6) is 0.918. The number of anilines is 1. The summed E-state index contributed by atoms with van der Waals surface area (Å²) < 4.78 is 2.00. The van der Waals surface area contributed by atoms with E-state index in [9.17, 15) is 4.79 Å². The molecule has 1 N–H and O–H groups in total. The first-order chi connectivity index (χ1) is 13.8. The SMILES string of the molecule is CCn1c(SCC(=O)Nc2ccccc2)nnc1-c1ccnc2ncccc12. The molecule has 0 radical (unpaired) electrons. The van der Waals surface area contributed by atoms with Crippen LogP contribution >= 0.6 is 11.8 Å². The van der Waals surface area contributed by atoms with E-state index in [4.69, 9.17) is 0 Å². The van der Waals surface area contributed by atoms with Gasteiger partial charge in [-0.05, 0) is 37.3 Å². The van der Waals surface area contributed by atoms with Gasteiger partial charge in [0.2, 0.25) is 5.91 Å². The molecule has 3 heterocycles. The third kappa shape index (κ3) is 3.72. The third-order valence-corrected chi connectivity index (χ3v) is 5.15. The molecule has 0 spiro atoms. The van der Waals surface area contributed by atoms with Crippen LogP contribution in [0.15, 0.2) is 66.1 Å². The Kier molecular flexibility index (Phi) is 5.29. The molecule has 0 aliphatic rings. The van der Waals surface area contributed by atoms with Gasteiger partial charge in [0.05, 0.1) is 5.75 Å². The van der Waals surface area contributed by atoms with Crippen LogP contribution in [-0.4, -0.2) is 36.4 Å². The van der Waals surface area contributed by atoms with E-state index in [0.29, 0.717) is 17.3 Å². The van der Waals surface area contributed by atoms with E-state index < -0.39 is 0 Å². The van der Waals surface area contributed by atoms with Crippen molar-refractivity contribution in [1.29, 1.82) is 0 Å². The summed E-state index contributed by atoms with van der Waals surface area (Å²) in [7, 11) is 0. The number of amides is 1. The number of carbonyl (C=O) groups is 1. The molecule has 0 aliphatic heterocycles. The van der Waals surface area contributed by atoms with Crippen LogP contribution in [0, 0.1) is 0 Å². The van der Waals surface area contributed by atoms with E-state index >= 15 is 0 Å². The van der Waals surface area contributed by atoms with Crippen LogP contribution in [0.1, 0.15) is 6.92 Å². The van der Waals surface area contributed by atoms with Crippen LogP contribution in [0.5, 0.6) is 0 Å². The highest BCUT2D eigenvalue weighted by Gasteiger charge is 2.17. The highest BCUT2D eigenvalue weighted by molar-refractivity contribution is 7.99. The number of hydrogen-bond donors (Lipinski definition) is 1. The van der Waals surface area contributed by atoms with Gasteiger partial charge in [0.1, 0.15) is 0 Å². The lowest BCUT2D eigenvalue weighted by molar-refractivity contribution is -0.113. The van der Waals surface area contributed by atoms with Crippen molar-refractivity contribution in [1.82, 2.24) is 24.7 Å². The molecule has 4 rings (SSSR count). The number of benzene rings is 1. The average Bonchev–Trinajstić information content (AvgIpc) is 3.15. The van der Waals surface area contributed by atoms with E-state index in [1.165, 1.54) is 11.8 Å². The maximum Gasteiger partial charge on any atom is 0.234 e. The number of fused-ring (bicyclic) bond motifs is 1. The molecule has 0 saturated heterocycles. The molecule has 8 heteroatoms. The fraction of sp³-hybridized carbons (Fsp3) is 0.150. The number of para-hydroxylation sites is 1. The molecule has 0 unspecified atom stereocenters. The smallest absolute Gasteiger partial charge is 0.234 e. The first-order valence-corrected chi connectivity index (χ1v) is 9.86. The number of nitrogens with zero attached hydrogens (tertiary/aromatic N) is 5. The van der Waals surface area contributed by atoms with E-state index in [2.05, 4.69) is 25.5 Å². The van der Waals surface area contributed by atoms with Crippen molar-refractivity contribution in [2.75, 3.05) is 11.1 Å². The van der Waals surface area contributed by atoms with Crippen molar-refractivity contribution in [3.63, 3.8) is 0 Å². The number of hydrogen-bond acceptors (Lipinski definition) is 6. The Labute approximate surface area is 166 Å². The molecule has 1 aromatic carbocycles. The quantitative estimate of drug-likeness (QED) is 0.506. The van der Waals surface area contributed by atoms with Crippen molar-refractivity contribution in [2.24, 2.45) is 0 Å². The second-order valence-electron chi connectivity index (χ2n) is 5.99. The lowest BCUT2D eigenvalue weighted by atomic mass is 10.1. The molecule has 0 bridgehead atoms. The predicted molar refractivity (Wildman–Crippen MR) is 110 cm³/mol. The van der Waals surface area contributed by atoms with Gasteiger partial charge in [-0.3, -0.25) is 4.79 Å². The van der Waals surface area contributed by atoms with E-state index in [1.54, 1.807) is 12.4 Å². The van der Waals surface area contributed by atoms with Crippen molar-refractivity contribution >= 4 is 34.4 Å². The number of carbonyl (C=O) groups excluding carboxylic acids is 1. The van der Waals surface area contributed by atoms with E-state index in [-0.39, 0.29) is 11.7 Å². The molecule has 1 amide bonds. The standard InChI is InChI=1S/C20H18N6OS/c1-2-26-19(16-10-12-22-18-15(16)9-6-11-21-18)24-25-20(26)28-13-17(27)23-14-7-4-3-5-8-14/h3-12H,2,13H2,1H3,(H,23,27). The van der Waals surface area contributed by atoms with Gasteiger partial charge in [-0.15, -0.1) is 10.2 Å². The number of thioether (sulfide) groups is 1. The predicted octanol–water partition coefficient (Wildman–Crippen LogP) is 3.64. The second-order valence-corrected chi connectivity index (χ2v) is 6.93. The fourth-order valence-corrected chi connectivity index (χ4v) is 3.71.